The van der Waals surface area contributed by atoms with Crippen molar-refractivity contribution in [3.8, 4) is 16.9 Å². The van der Waals surface area contributed by atoms with Crippen LogP contribution in [-0.2, 0) is 32.3 Å². The van der Waals surface area contributed by atoms with E-state index < -0.39 is 0 Å². The molecule has 0 aliphatic carbocycles. The molecule has 5 nitrogen and oxygen atoms in total. The molecule has 0 saturated heterocycles. The van der Waals surface area contributed by atoms with E-state index in [-0.39, 0.29) is 31.1 Å². The molecule has 0 aliphatic rings. The maximum Gasteiger partial charge on any atom is 0.308 e. The van der Waals surface area contributed by atoms with Crippen LogP contribution in [0.5, 0.6) is 5.75 Å². The fourth-order valence-electron chi connectivity index (χ4n) is 4.12. The molecule has 0 atom stereocenters. The highest BCUT2D eigenvalue weighted by Crippen LogP contribution is 2.36. The summed E-state index contributed by atoms with van der Waals surface area (Å²) in [5.41, 5.74) is 3.72. The van der Waals surface area contributed by atoms with Crippen LogP contribution in [0.25, 0.3) is 32.7 Å². The molecule has 4 aromatic rings. The van der Waals surface area contributed by atoms with Crippen molar-refractivity contribution in [3.63, 3.8) is 0 Å². The Kier molecular flexibility index (Phi) is 7.35. The second-order valence-electron chi connectivity index (χ2n) is 8.82. The van der Waals surface area contributed by atoms with Crippen molar-refractivity contribution in [2.75, 3.05) is 7.11 Å². The first-order valence-electron chi connectivity index (χ1n) is 11.8. The van der Waals surface area contributed by atoms with Crippen molar-refractivity contribution in [1.82, 2.24) is 0 Å². The number of hydrogen-bond acceptors (Lipinski definition) is 5. The highest BCUT2D eigenvalue weighted by molar-refractivity contribution is 6.03. The van der Waals surface area contributed by atoms with E-state index >= 15 is 0 Å². The number of carbonyl (C=O) groups is 2. The van der Waals surface area contributed by atoms with Gasteiger partial charge in [-0.3, -0.25) is 9.59 Å². The van der Waals surface area contributed by atoms with E-state index in [1.54, 1.807) is 14.0 Å². The zero-order valence-corrected chi connectivity index (χ0v) is 20.6. The van der Waals surface area contributed by atoms with E-state index in [0.717, 1.165) is 49.5 Å². The molecule has 0 bridgehead atoms. The highest BCUT2D eigenvalue weighted by Gasteiger charge is 2.14. The summed E-state index contributed by atoms with van der Waals surface area (Å²) in [6.07, 6.45) is 0.333. The Hall–Kier alpha value is -3.86. The molecule has 0 unspecified atom stereocenters. The number of ether oxygens (including phenoxy) is 3. The largest absolute Gasteiger partial charge is 0.496 e. The van der Waals surface area contributed by atoms with E-state index in [4.69, 9.17) is 14.2 Å². The Bertz CT molecular complexity index is 1390. The van der Waals surface area contributed by atoms with Gasteiger partial charge in [0.2, 0.25) is 0 Å². The molecular weight excluding hydrogens is 440 g/mol. The molecule has 0 fully saturated rings. The maximum atomic E-state index is 11.9. The van der Waals surface area contributed by atoms with Gasteiger partial charge in [0.15, 0.2) is 0 Å². The van der Waals surface area contributed by atoms with Crippen molar-refractivity contribution in [1.29, 1.82) is 0 Å². The second kappa shape index (κ2) is 10.6. The lowest BCUT2D eigenvalue weighted by Gasteiger charge is -2.15. The number of benzene rings is 4. The Labute approximate surface area is 205 Å². The van der Waals surface area contributed by atoms with Crippen LogP contribution in [0.2, 0.25) is 0 Å². The van der Waals surface area contributed by atoms with Crippen LogP contribution in [0.3, 0.4) is 0 Å². The predicted octanol–water partition coefficient (Wildman–Crippen LogP) is 6.82. The Morgan fingerprint density at radius 3 is 2.34 bits per heavy atom. The van der Waals surface area contributed by atoms with Gasteiger partial charge in [-0.15, -0.1) is 0 Å². The van der Waals surface area contributed by atoms with Crippen LogP contribution in [0, 0.1) is 5.92 Å². The summed E-state index contributed by atoms with van der Waals surface area (Å²) in [6, 6.07) is 22.3. The summed E-state index contributed by atoms with van der Waals surface area (Å²) >= 11 is 0. The molecular formula is C30H30O5. The number of fused-ring (bicyclic) bond motifs is 2. The smallest absolute Gasteiger partial charge is 0.308 e. The van der Waals surface area contributed by atoms with Gasteiger partial charge in [0, 0.05) is 17.5 Å². The summed E-state index contributed by atoms with van der Waals surface area (Å²) in [4.78, 5) is 23.9. The monoisotopic (exact) mass is 470 g/mol. The fraction of sp³-hybridized carbons (Fsp3) is 0.267. The zero-order valence-electron chi connectivity index (χ0n) is 20.6. The normalized spacial score (nSPS) is 11.1. The summed E-state index contributed by atoms with van der Waals surface area (Å²) < 4.78 is 16.6. The number of rotatable bonds is 8. The van der Waals surface area contributed by atoms with Gasteiger partial charge in [-0.1, -0.05) is 63.2 Å². The van der Waals surface area contributed by atoms with Gasteiger partial charge in [-0.25, -0.2) is 0 Å². The molecule has 0 amide bonds. The van der Waals surface area contributed by atoms with Gasteiger partial charge in [0.05, 0.1) is 13.0 Å². The zero-order chi connectivity index (χ0) is 24.9. The molecule has 0 aromatic heterocycles. The lowest BCUT2D eigenvalue weighted by Crippen LogP contribution is -2.11. The van der Waals surface area contributed by atoms with Crippen LogP contribution in [0.1, 0.15) is 38.3 Å². The average molecular weight is 471 g/mol. The first-order valence-corrected chi connectivity index (χ1v) is 11.8. The molecule has 0 aliphatic heterocycles. The number of esters is 2. The Morgan fingerprint density at radius 1 is 0.829 bits per heavy atom. The highest BCUT2D eigenvalue weighted by atomic mass is 16.5. The minimum absolute atomic E-state index is 0.178. The summed E-state index contributed by atoms with van der Waals surface area (Å²) in [7, 11) is 1.64. The maximum absolute atomic E-state index is 11.9. The minimum atomic E-state index is -0.230. The van der Waals surface area contributed by atoms with Crippen molar-refractivity contribution >= 4 is 33.5 Å². The second-order valence-corrected chi connectivity index (χ2v) is 8.82. The molecule has 4 rings (SSSR count). The SMILES string of the molecule is CCC(=O)OCc1c2ccccc2cc2ccc(-c3cc(COC(=O)C(C)C)ccc3OC)cc12. The van der Waals surface area contributed by atoms with Gasteiger partial charge in [0.1, 0.15) is 19.0 Å². The molecule has 180 valence electrons. The van der Waals surface area contributed by atoms with Crippen LogP contribution < -0.4 is 4.74 Å². The molecule has 0 heterocycles. The number of carbonyl (C=O) groups excluding carboxylic acids is 2. The van der Waals surface area contributed by atoms with Crippen LogP contribution in [0.4, 0.5) is 0 Å². The number of methoxy groups -OCH3 is 1. The van der Waals surface area contributed by atoms with Crippen molar-refractivity contribution in [2.45, 2.75) is 40.4 Å². The van der Waals surface area contributed by atoms with Crippen LogP contribution >= 0.6 is 0 Å². The lowest BCUT2D eigenvalue weighted by atomic mass is 9.93. The molecule has 35 heavy (non-hydrogen) atoms. The first kappa shape index (κ1) is 24.3. The third-order valence-corrected chi connectivity index (χ3v) is 6.07. The average Bonchev–Trinajstić information content (AvgIpc) is 2.88. The topological polar surface area (TPSA) is 61.8 Å². The van der Waals surface area contributed by atoms with Gasteiger partial charge in [-0.2, -0.15) is 0 Å². The fourth-order valence-corrected chi connectivity index (χ4v) is 4.12. The van der Waals surface area contributed by atoms with E-state index in [1.165, 1.54) is 0 Å². The quantitative estimate of drug-likeness (QED) is 0.209. The minimum Gasteiger partial charge on any atom is -0.496 e. The van der Waals surface area contributed by atoms with Crippen molar-refractivity contribution in [2.24, 2.45) is 5.92 Å². The summed E-state index contributed by atoms with van der Waals surface area (Å²) in [5, 5.41) is 4.24. The van der Waals surface area contributed by atoms with Crippen LogP contribution in [0.15, 0.2) is 66.7 Å². The van der Waals surface area contributed by atoms with Crippen LogP contribution in [-0.4, -0.2) is 19.0 Å². The summed E-state index contributed by atoms with van der Waals surface area (Å²) in [6.45, 7) is 5.83. The third-order valence-electron chi connectivity index (χ3n) is 6.07. The molecule has 0 spiro atoms. The summed E-state index contributed by atoms with van der Waals surface area (Å²) in [5.74, 6) is 0.0880. The van der Waals surface area contributed by atoms with E-state index in [9.17, 15) is 9.59 Å². The molecule has 0 radical (unpaired) electrons. The Morgan fingerprint density at radius 2 is 1.60 bits per heavy atom. The van der Waals surface area contributed by atoms with Gasteiger partial charge >= 0.3 is 11.9 Å². The third kappa shape index (κ3) is 5.29. The lowest BCUT2D eigenvalue weighted by molar-refractivity contribution is -0.148. The van der Waals surface area contributed by atoms with Gasteiger partial charge < -0.3 is 14.2 Å². The van der Waals surface area contributed by atoms with E-state index in [2.05, 4.69) is 36.4 Å². The van der Waals surface area contributed by atoms with E-state index in [1.807, 2.05) is 44.2 Å². The molecule has 0 saturated carbocycles. The molecule has 0 N–H and O–H groups in total. The first-order chi connectivity index (χ1) is 16.9. The van der Waals surface area contributed by atoms with Crippen molar-refractivity contribution in [3.05, 3.63) is 77.9 Å². The number of hydrogen-bond donors (Lipinski definition) is 0. The standard InChI is InChI=1S/C30H30O5/c1-5-29(31)34-18-27-24-9-7-6-8-21(24)15-22-11-12-23(16-25(22)27)26-14-20(10-13-28(26)33-4)17-35-30(32)19(2)3/h6-16,19H,5,17-18H2,1-4H3. The predicted molar refractivity (Wildman–Crippen MR) is 138 cm³/mol. The molecule has 5 heteroatoms. The Balaban J connectivity index is 1.81. The molecule has 4 aromatic carbocycles. The van der Waals surface area contributed by atoms with Crippen molar-refractivity contribution < 1.29 is 23.8 Å². The van der Waals surface area contributed by atoms with E-state index in [0.29, 0.717) is 6.42 Å². The van der Waals surface area contributed by atoms with Gasteiger partial charge in [0.25, 0.3) is 0 Å². The van der Waals surface area contributed by atoms with Gasteiger partial charge in [-0.05, 0) is 56.9 Å².